The summed E-state index contributed by atoms with van der Waals surface area (Å²) in [6, 6.07) is 6.61. The van der Waals surface area contributed by atoms with Gasteiger partial charge in [-0.1, -0.05) is 6.07 Å². The number of amides is 4. The molecule has 2 aliphatic rings. The van der Waals surface area contributed by atoms with E-state index in [0.29, 0.717) is 43.9 Å². The lowest BCUT2D eigenvalue weighted by Gasteiger charge is -2.37. The normalized spacial score (nSPS) is 19.4. The van der Waals surface area contributed by atoms with Crippen LogP contribution in [0, 0.1) is 0 Å². The fourth-order valence-corrected chi connectivity index (χ4v) is 3.04. The van der Waals surface area contributed by atoms with E-state index in [9.17, 15) is 14.4 Å². The summed E-state index contributed by atoms with van der Waals surface area (Å²) in [5, 5.41) is 4.95. The summed E-state index contributed by atoms with van der Waals surface area (Å²) >= 11 is 0. The van der Waals surface area contributed by atoms with Crippen LogP contribution in [0.4, 0.5) is 4.79 Å². The number of hydrogen-bond acceptors (Lipinski definition) is 4. The summed E-state index contributed by atoms with van der Waals surface area (Å²) in [7, 11) is 0. The van der Waals surface area contributed by atoms with Crippen molar-refractivity contribution in [3.63, 3.8) is 0 Å². The summed E-state index contributed by atoms with van der Waals surface area (Å²) in [5.41, 5.74) is -0.298. The van der Waals surface area contributed by atoms with Crippen LogP contribution in [-0.2, 0) is 4.79 Å². The molecule has 2 fully saturated rings. The molecule has 1 aromatic carbocycles. The van der Waals surface area contributed by atoms with Crippen LogP contribution >= 0.6 is 0 Å². The van der Waals surface area contributed by atoms with Crippen molar-refractivity contribution in [3.8, 4) is 5.75 Å². The van der Waals surface area contributed by atoms with E-state index in [1.165, 1.54) is 0 Å². The number of carbonyl (C=O) groups excluding carboxylic acids is 3. The van der Waals surface area contributed by atoms with Gasteiger partial charge in [0.25, 0.3) is 11.8 Å². The third-order valence-corrected chi connectivity index (χ3v) is 4.31. The van der Waals surface area contributed by atoms with Crippen LogP contribution in [0.2, 0.25) is 0 Å². The number of piperidine rings is 1. The Balaban J connectivity index is 1.68. The van der Waals surface area contributed by atoms with Crippen LogP contribution in [0.1, 0.15) is 30.1 Å². The average Bonchev–Trinajstić information content (AvgIpc) is 2.82. The minimum Gasteiger partial charge on any atom is -0.494 e. The fourth-order valence-electron chi connectivity index (χ4n) is 3.04. The number of urea groups is 1. The highest BCUT2D eigenvalue weighted by Gasteiger charge is 2.48. The van der Waals surface area contributed by atoms with E-state index >= 15 is 0 Å². The van der Waals surface area contributed by atoms with E-state index in [1.54, 1.807) is 23.1 Å². The van der Waals surface area contributed by atoms with Crippen molar-refractivity contribution in [2.75, 3.05) is 19.7 Å². The number of nitrogens with zero attached hydrogens (tertiary/aromatic N) is 1. The number of carbonyl (C=O) groups is 3. The number of hydrogen-bond donors (Lipinski definition) is 2. The third-order valence-electron chi connectivity index (χ3n) is 4.31. The minimum absolute atomic E-state index is 0.0915. The van der Waals surface area contributed by atoms with Crippen molar-refractivity contribution >= 4 is 17.8 Å². The summed E-state index contributed by atoms with van der Waals surface area (Å²) in [6.45, 7) is 3.27. The van der Waals surface area contributed by atoms with Gasteiger partial charge in [-0.3, -0.25) is 14.9 Å². The predicted octanol–water partition coefficient (Wildman–Crippen LogP) is 0.899. The third kappa shape index (κ3) is 2.86. The molecule has 0 saturated carbocycles. The largest absolute Gasteiger partial charge is 0.494 e. The van der Waals surface area contributed by atoms with Gasteiger partial charge in [-0.25, -0.2) is 4.79 Å². The summed E-state index contributed by atoms with van der Waals surface area (Å²) in [4.78, 5) is 37.5. The van der Waals surface area contributed by atoms with Crippen LogP contribution in [-0.4, -0.2) is 48.0 Å². The second kappa shape index (κ2) is 5.91. The van der Waals surface area contributed by atoms with Gasteiger partial charge in [-0.2, -0.15) is 0 Å². The molecule has 4 amide bonds. The van der Waals surface area contributed by atoms with Gasteiger partial charge in [-0.15, -0.1) is 0 Å². The van der Waals surface area contributed by atoms with Gasteiger partial charge in [0.05, 0.1) is 6.61 Å². The Morgan fingerprint density at radius 3 is 2.65 bits per heavy atom. The molecule has 0 unspecified atom stereocenters. The standard InChI is InChI=1S/C16H19N3O4/c1-2-23-12-5-3-4-11(10-12)13(20)19-8-6-16(7-9-19)14(21)17-15(22)18-16/h3-5,10H,2,6-9H2,1H3,(H2,17,18,21,22). The molecule has 7 nitrogen and oxygen atoms in total. The number of benzene rings is 1. The lowest BCUT2D eigenvalue weighted by molar-refractivity contribution is -0.125. The van der Waals surface area contributed by atoms with E-state index in [2.05, 4.69) is 10.6 Å². The molecule has 0 radical (unpaired) electrons. The van der Waals surface area contributed by atoms with E-state index in [1.807, 2.05) is 13.0 Å². The Kier molecular flexibility index (Phi) is 3.94. The maximum Gasteiger partial charge on any atom is 0.322 e. The zero-order valence-corrected chi connectivity index (χ0v) is 12.9. The molecule has 23 heavy (non-hydrogen) atoms. The van der Waals surface area contributed by atoms with Gasteiger partial charge in [-0.05, 0) is 38.0 Å². The molecule has 2 saturated heterocycles. The van der Waals surface area contributed by atoms with Crippen LogP contribution in [0.25, 0.3) is 0 Å². The van der Waals surface area contributed by atoms with E-state index in [0.717, 1.165) is 0 Å². The monoisotopic (exact) mass is 317 g/mol. The van der Waals surface area contributed by atoms with Crippen LogP contribution in [0.5, 0.6) is 5.75 Å². The van der Waals surface area contributed by atoms with Crippen molar-refractivity contribution in [1.29, 1.82) is 0 Å². The number of imide groups is 1. The van der Waals surface area contributed by atoms with Gasteiger partial charge in [0.15, 0.2) is 0 Å². The molecule has 2 heterocycles. The van der Waals surface area contributed by atoms with Gasteiger partial charge < -0.3 is 15.0 Å². The summed E-state index contributed by atoms with van der Waals surface area (Å²) in [5.74, 6) is 0.272. The lowest BCUT2D eigenvalue weighted by Crippen LogP contribution is -2.55. The zero-order valence-electron chi connectivity index (χ0n) is 12.9. The number of nitrogens with one attached hydrogen (secondary N) is 2. The Morgan fingerprint density at radius 2 is 2.04 bits per heavy atom. The Bertz CT molecular complexity index is 650. The van der Waals surface area contributed by atoms with Crippen molar-refractivity contribution in [3.05, 3.63) is 29.8 Å². The quantitative estimate of drug-likeness (QED) is 0.811. The first kappa shape index (κ1) is 15.3. The first-order valence-electron chi connectivity index (χ1n) is 7.70. The average molecular weight is 317 g/mol. The van der Waals surface area contributed by atoms with E-state index < -0.39 is 11.6 Å². The van der Waals surface area contributed by atoms with Crippen molar-refractivity contribution in [2.45, 2.75) is 25.3 Å². The summed E-state index contributed by atoms with van der Waals surface area (Å²) < 4.78 is 5.41. The first-order chi connectivity index (χ1) is 11.0. The van der Waals surface area contributed by atoms with Gasteiger partial charge in [0, 0.05) is 18.7 Å². The van der Waals surface area contributed by atoms with Crippen LogP contribution < -0.4 is 15.4 Å². The molecule has 0 aliphatic carbocycles. The molecule has 0 aromatic heterocycles. The van der Waals surface area contributed by atoms with Crippen LogP contribution in [0.3, 0.4) is 0 Å². The molecule has 3 rings (SSSR count). The molecule has 1 aromatic rings. The summed E-state index contributed by atoms with van der Waals surface area (Å²) in [6.07, 6.45) is 0.836. The maximum absolute atomic E-state index is 12.6. The molecule has 1 spiro atoms. The topological polar surface area (TPSA) is 87.7 Å². The highest BCUT2D eigenvalue weighted by molar-refractivity contribution is 6.07. The Hall–Kier alpha value is -2.57. The molecular formula is C16H19N3O4. The lowest BCUT2D eigenvalue weighted by atomic mass is 9.87. The highest BCUT2D eigenvalue weighted by atomic mass is 16.5. The second-order valence-corrected chi connectivity index (χ2v) is 5.74. The van der Waals surface area contributed by atoms with E-state index in [4.69, 9.17) is 4.74 Å². The van der Waals surface area contributed by atoms with Crippen molar-refractivity contribution in [2.24, 2.45) is 0 Å². The Labute approximate surface area is 134 Å². The molecule has 0 bridgehead atoms. The molecule has 122 valence electrons. The van der Waals surface area contributed by atoms with Gasteiger partial charge in [0.1, 0.15) is 11.3 Å². The Morgan fingerprint density at radius 1 is 1.30 bits per heavy atom. The van der Waals surface area contributed by atoms with Crippen LogP contribution in [0.15, 0.2) is 24.3 Å². The van der Waals surface area contributed by atoms with Gasteiger partial charge >= 0.3 is 6.03 Å². The first-order valence-corrected chi connectivity index (χ1v) is 7.70. The van der Waals surface area contributed by atoms with Gasteiger partial charge in [0.2, 0.25) is 0 Å². The predicted molar refractivity (Wildman–Crippen MR) is 82.2 cm³/mol. The SMILES string of the molecule is CCOc1cccc(C(=O)N2CCC3(CC2)NC(=O)NC3=O)c1. The smallest absolute Gasteiger partial charge is 0.322 e. The molecule has 2 N–H and O–H groups in total. The van der Waals surface area contributed by atoms with Crippen molar-refractivity contribution < 1.29 is 19.1 Å². The maximum atomic E-state index is 12.6. The number of rotatable bonds is 3. The second-order valence-electron chi connectivity index (χ2n) is 5.74. The minimum atomic E-state index is -0.860. The molecular weight excluding hydrogens is 298 g/mol. The molecule has 0 atom stereocenters. The molecule has 7 heteroatoms. The number of likely N-dealkylation sites (tertiary alicyclic amines) is 1. The van der Waals surface area contributed by atoms with E-state index in [-0.39, 0.29) is 11.8 Å². The molecule has 2 aliphatic heterocycles. The fraction of sp³-hybridized carbons (Fsp3) is 0.438. The zero-order chi connectivity index (χ0) is 16.4. The number of ether oxygens (including phenoxy) is 1. The van der Waals surface area contributed by atoms with Crippen molar-refractivity contribution in [1.82, 2.24) is 15.5 Å². The highest BCUT2D eigenvalue weighted by Crippen LogP contribution is 2.26.